The molecule has 5 aromatic rings. The molecule has 2 atom stereocenters. The molecular formula is C32H23N3. The second-order valence-electron chi connectivity index (χ2n) is 9.76. The van der Waals surface area contributed by atoms with Crippen LogP contribution in [-0.2, 0) is 6.42 Å². The van der Waals surface area contributed by atoms with Crippen LogP contribution in [0.2, 0.25) is 0 Å². The molecule has 0 saturated carbocycles. The first-order valence-electron chi connectivity index (χ1n) is 12.4. The maximum absolute atomic E-state index is 5.24. The topological polar surface area (TPSA) is 29.0 Å². The Bertz CT molecular complexity index is 1710. The monoisotopic (exact) mass is 449 g/mol. The second-order valence-corrected chi connectivity index (χ2v) is 9.76. The molecule has 2 unspecified atom stereocenters. The highest BCUT2D eigenvalue weighted by molar-refractivity contribution is 5.99. The van der Waals surface area contributed by atoms with Crippen LogP contribution in [0.25, 0.3) is 32.9 Å². The molecular weight excluding hydrogens is 426 g/mol. The first-order chi connectivity index (χ1) is 17.4. The fraction of sp³-hybridized carbons (Fsp3) is 0.125. The molecule has 0 spiro atoms. The first-order valence-corrected chi connectivity index (χ1v) is 12.4. The number of anilines is 2. The van der Waals surface area contributed by atoms with Gasteiger partial charge in [-0.1, -0.05) is 84.9 Å². The van der Waals surface area contributed by atoms with Crippen molar-refractivity contribution < 1.29 is 0 Å². The van der Waals surface area contributed by atoms with Gasteiger partial charge in [0.05, 0.1) is 16.9 Å². The van der Waals surface area contributed by atoms with E-state index in [1.807, 2.05) is 0 Å². The van der Waals surface area contributed by atoms with E-state index in [2.05, 4.69) is 108 Å². The summed E-state index contributed by atoms with van der Waals surface area (Å²) >= 11 is 0. The van der Waals surface area contributed by atoms with Gasteiger partial charge in [0.2, 0.25) is 5.95 Å². The minimum Gasteiger partial charge on any atom is -0.282 e. The summed E-state index contributed by atoms with van der Waals surface area (Å²) < 4.78 is 0. The zero-order chi connectivity index (χ0) is 22.9. The number of para-hydroxylation sites is 1. The van der Waals surface area contributed by atoms with E-state index in [0.29, 0.717) is 11.8 Å². The van der Waals surface area contributed by atoms with E-state index < -0.39 is 0 Å². The normalized spacial score (nSPS) is 19.8. The van der Waals surface area contributed by atoms with Gasteiger partial charge < -0.3 is 0 Å². The van der Waals surface area contributed by atoms with Crippen LogP contribution in [0.15, 0.2) is 109 Å². The summed E-state index contributed by atoms with van der Waals surface area (Å²) in [6.45, 7) is 0. The standard InChI is InChI=1S/C32H23N3/c1-2-8-23(9-3-1)31-24-13-4-5-14-25(24)33-32(34-31)35-26-15-7-12-22-17-16-20-10-6-11-21-18-19-27(35)30(28(20)21)29(22)26/h1-15,18-19,22,29H,16-17H2. The summed E-state index contributed by atoms with van der Waals surface area (Å²) in [6, 6.07) is 30.2. The van der Waals surface area contributed by atoms with Crippen molar-refractivity contribution in [2.45, 2.75) is 18.8 Å². The van der Waals surface area contributed by atoms with Crippen LogP contribution in [-0.4, -0.2) is 9.97 Å². The molecule has 35 heavy (non-hydrogen) atoms. The lowest BCUT2D eigenvalue weighted by Crippen LogP contribution is -2.21. The number of nitrogens with zero attached hydrogens (tertiary/aromatic N) is 3. The van der Waals surface area contributed by atoms with Crippen molar-refractivity contribution in [3.05, 3.63) is 120 Å². The highest BCUT2D eigenvalue weighted by atomic mass is 15.3. The number of allylic oxidation sites excluding steroid dienone is 4. The summed E-state index contributed by atoms with van der Waals surface area (Å²) in [6.07, 6.45) is 9.21. The van der Waals surface area contributed by atoms with Gasteiger partial charge in [0.1, 0.15) is 0 Å². The number of hydrogen-bond donors (Lipinski definition) is 0. The summed E-state index contributed by atoms with van der Waals surface area (Å²) in [4.78, 5) is 12.7. The Morgan fingerprint density at radius 2 is 1.69 bits per heavy atom. The van der Waals surface area contributed by atoms with Gasteiger partial charge in [0.15, 0.2) is 0 Å². The predicted octanol–water partition coefficient (Wildman–Crippen LogP) is 7.70. The fourth-order valence-electron chi connectivity index (χ4n) is 6.43. The third kappa shape index (κ3) is 2.67. The Morgan fingerprint density at radius 1 is 0.800 bits per heavy atom. The molecule has 3 nitrogen and oxygen atoms in total. The van der Waals surface area contributed by atoms with Crippen molar-refractivity contribution in [3.8, 4) is 11.3 Å². The van der Waals surface area contributed by atoms with Crippen LogP contribution in [0.5, 0.6) is 0 Å². The quantitative estimate of drug-likeness (QED) is 0.276. The second kappa shape index (κ2) is 7.13. The highest BCUT2D eigenvalue weighted by Gasteiger charge is 2.43. The zero-order valence-corrected chi connectivity index (χ0v) is 19.2. The maximum Gasteiger partial charge on any atom is 0.235 e. The van der Waals surface area contributed by atoms with Gasteiger partial charge in [-0.25, -0.2) is 9.97 Å². The molecule has 0 amide bonds. The van der Waals surface area contributed by atoms with E-state index in [4.69, 9.17) is 9.97 Å². The molecule has 0 N–H and O–H groups in total. The van der Waals surface area contributed by atoms with E-state index in [9.17, 15) is 0 Å². The number of fused-ring (bicyclic) bond motifs is 1. The molecule has 3 heteroatoms. The molecule has 4 aromatic carbocycles. The molecule has 2 heterocycles. The summed E-state index contributed by atoms with van der Waals surface area (Å²) in [5.41, 5.74) is 8.51. The number of aromatic nitrogens is 2. The van der Waals surface area contributed by atoms with Crippen molar-refractivity contribution in [1.29, 1.82) is 0 Å². The Balaban J connectivity index is 1.44. The fourth-order valence-corrected chi connectivity index (χ4v) is 6.43. The maximum atomic E-state index is 5.24. The molecule has 0 saturated heterocycles. The SMILES string of the molecule is C1=CC2CCc3cccc4ccc5c(c34)C2C(=C1)N5c1nc(-c2ccccc2)c2ccccc2n1. The Kier molecular flexibility index (Phi) is 3.89. The summed E-state index contributed by atoms with van der Waals surface area (Å²) in [7, 11) is 0. The molecule has 1 aliphatic heterocycles. The third-order valence-electron chi connectivity index (χ3n) is 7.92. The highest BCUT2D eigenvalue weighted by Crippen LogP contribution is 2.56. The molecule has 0 radical (unpaired) electrons. The van der Waals surface area contributed by atoms with Crippen molar-refractivity contribution in [2.75, 3.05) is 4.90 Å². The van der Waals surface area contributed by atoms with Crippen LogP contribution < -0.4 is 4.90 Å². The number of hydrogen-bond acceptors (Lipinski definition) is 3. The van der Waals surface area contributed by atoms with Gasteiger partial charge in [-0.3, -0.25) is 4.90 Å². The molecule has 1 aromatic heterocycles. The number of aryl methyl sites for hydroxylation is 1. The van der Waals surface area contributed by atoms with Crippen molar-refractivity contribution in [2.24, 2.45) is 5.92 Å². The molecule has 0 fully saturated rings. The molecule has 8 rings (SSSR count). The average Bonchev–Trinajstić information content (AvgIpc) is 3.16. The lowest BCUT2D eigenvalue weighted by atomic mass is 9.81. The minimum atomic E-state index is 0.345. The average molecular weight is 450 g/mol. The zero-order valence-electron chi connectivity index (χ0n) is 19.2. The third-order valence-corrected chi connectivity index (χ3v) is 7.92. The minimum absolute atomic E-state index is 0.345. The van der Waals surface area contributed by atoms with Crippen LogP contribution in [0.1, 0.15) is 23.5 Å². The number of benzene rings is 4. The Hall–Kier alpha value is -4.24. The van der Waals surface area contributed by atoms with Crippen LogP contribution in [0.3, 0.4) is 0 Å². The first kappa shape index (κ1) is 19.1. The van der Waals surface area contributed by atoms with Crippen molar-refractivity contribution in [3.63, 3.8) is 0 Å². The smallest absolute Gasteiger partial charge is 0.235 e. The number of rotatable bonds is 2. The van der Waals surface area contributed by atoms with Crippen molar-refractivity contribution >= 4 is 33.3 Å². The molecule has 2 aliphatic carbocycles. The molecule has 0 bridgehead atoms. The lowest BCUT2D eigenvalue weighted by Gasteiger charge is -2.27. The van der Waals surface area contributed by atoms with Gasteiger partial charge in [0, 0.05) is 22.6 Å². The van der Waals surface area contributed by atoms with Gasteiger partial charge in [-0.2, -0.15) is 0 Å². The Labute approximate surface area is 204 Å². The van der Waals surface area contributed by atoms with Crippen LogP contribution >= 0.6 is 0 Å². The van der Waals surface area contributed by atoms with E-state index in [1.165, 1.54) is 33.3 Å². The van der Waals surface area contributed by atoms with E-state index in [-0.39, 0.29) is 0 Å². The molecule has 3 aliphatic rings. The van der Waals surface area contributed by atoms with Gasteiger partial charge in [0.25, 0.3) is 0 Å². The van der Waals surface area contributed by atoms with E-state index in [0.717, 1.165) is 41.0 Å². The molecule has 166 valence electrons. The Morgan fingerprint density at radius 3 is 2.63 bits per heavy atom. The van der Waals surface area contributed by atoms with E-state index in [1.54, 1.807) is 0 Å². The lowest BCUT2D eigenvalue weighted by molar-refractivity contribution is 0.531. The van der Waals surface area contributed by atoms with Gasteiger partial charge >= 0.3 is 0 Å². The van der Waals surface area contributed by atoms with Gasteiger partial charge in [-0.05, 0) is 58.9 Å². The largest absolute Gasteiger partial charge is 0.282 e. The predicted molar refractivity (Wildman–Crippen MR) is 143 cm³/mol. The van der Waals surface area contributed by atoms with Crippen molar-refractivity contribution in [1.82, 2.24) is 9.97 Å². The van der Waals surface area contributed by atoms with E-state index >= 15 is 0 Å². The van der Waals surface area contributed by atoms with Gasteiger partial charge in [-0.15, -0.1) is 0 Å². The summed E-state index contributed by atoms with van der Waals surface area (Å²) in [5.74, 6) is 1.59. The van der Waals surface area contributed by atoms with Crippen LogP contribution in [0.4, 0.5) is 11.6 Å². The van der Waals surface area contributed by atoms with Crippen LogP contribution in [0, 0.1) is 5.92 Å². The summed E-state index contributed by atoms with van der Waals surface area (Å²) in [5, 5.41) is 3.85.